The summed E-state index contributed by atoms with van der Waals surface area (Å²) in [5.74, 6) is 0.677. The fourth-order valence-electron chi connectivity index (χ4n) is 2.08. The molecule has 0 radical (unpaired) electrons. The van der Waals surface area contributed by atoms with Gasteiger partial charge in [0.25, 0.3) is 0 Å². The van der Waals surface area contributed by atoms with Crippen LogP contribution in [0.1, 0.15) is 25.1 Å². The Bertz CT molecular complexity index is 530. The van der Waals surface area contributed by atoms with Crippen LogP contribution in [0.15, 0.2) is 36.9 Å². The molecule has 2 rings (SSSR count). The Labute approximate surface area is 126 Å². The monoisotopic (exact) mass is 286 g/mol. The molecule has 2 heterocycles. The predicted molar refractivity (Wildman–Crippen MR) is 82.1 cm³/mol. The van der Waals surface area contributed by atoms with Crippen molar-refractivity contribution in [3.05, 3.63) is 48.2 Å². The molecule has 0 saturated heterocycles. The van der Waals surface area contributed by atoms with Gasteiger partial charge in [-0.15, -0.1) is 0 Å². The van der Waals surface area contributed by atoms with Crippen LogP contribution in [-0.4, -0.2) is 39.5 Å². The van der Waals surface area contributed by atoms with E-state index >= 15 is 0 Å². The summed E-state index contributed by atoms with van der Waals surface area (Å²) in [6.07, 6.45) is 8.01. The molecule has 5 heteroatoms. The van der Waals surface area contributed by atoms with E-state index in [2.05, 4.69) is 39.9 Å². The molecule has 0 N–H and O–H groups in total. The fourth-order valence-corrected chi connectivity index (χ4v) is 2.08. The smallest absolute Gasteiger partial charge is 0.213 e. The first kappa shape index (κ1) is 15.4. The van der Waals surface area contributed by atoms with Crippen molar-refractivity contribution in [2.45, 2.75) is 32.9 Å². The van der Waals surface area contributed by atoms with Crippen LogP contribution >= 0.6 is 0 Å². The summed E-state index contributed by atoms with van der Waals surface area (Å²) in [7, 11) is 2.11. The van der Waals surface area contributed by atoms with Crippen LogP contribution in [0.5, 0.6) is 5.88 Å². The molecule has 0 amide bonds. The molecule has 0 aliphatic heterocycles. The second kappa shape index (κ2) is 7.69. The summed E-state index contributed by atoms with van der Waals surface area (Å²) in [6.45, 7) is 5.64. The molecule has 0 aliphatic rings. The first-order chi connectivity index (χ1) is 10.2. The molecule has 0 unspecified atom stereocenters. The Morgan fingerprint density at radius 2 is 2.05 bits per heavy atom. The molecule has 112 valence electrons. The molecule has 0 aromatic carbocycles. The van der Waals surface area contributed by atoms with Gasteiger partial charge in [0.1, 0.15) is 0 Å². The highest BCUT2D eigenvalue weighted by molar-refractivity contribution is 5.17. The topological polar surface area (TPSA) is 51.1 Å². The van der Waals surface area contributed by atoms with E-state index in [4.69, 9.17) is 4.74 Å². The fraction of sp³-hybridized carbons (Fsp3) is 0.438. The van der Waals surface area contributed by atoms with E-state index in [-0.39, 0.29) is 0 Å². The van der Waals surface area contributed by atoms with Gasteiger partial charge in [0, 0.05) is 49.9 Å². The highest BCUT2D eigenvalue weighted by Gasteiger charge is 2.11. The first-order valence-electron chi connectivity index (χ1n) is 7.22. The Morgan fingerprint density at radius 3 is 2.67 bits per heavy atom. The minimum absolute atomic E-state index is 0.383. The van der Waals surface area contributed by atoms with Crippen LogP contribution in [0.2, 0.25) is 0 Å². The number of nitrogens with zero attached hydrogens (tertiary/aromatic N) is 4. The molecule has 2 aromatic rings. The van der Waals surface area contributed by atoms with Gasteiger partial charge in [0.05, 0.1) is 12.3 Å². The van der Waals surface area contributed by atoms with Crippen LogP contribution in [0.3, 0.4) is 0 Å². The number of aromatic nitrogens is 3. The number of ether oxygens (including phenoxy) is 1. The van der Waals surface area contributed by atoms with Crippen molar-refractivity contribution in [2.75, 3.05) is 13.7 Å². The van der Waals surface area contributed by atoms with E-state index in [9.17, 15) is 0 Å². The third-order valence-corrected chi connectivity index (χ3v) is 3.40. The molecular formula is C16H22N4O. The first-order valence-corrected chi connectivity index (χ1v) is 7.22. The molecule has 2 aromatic heterocycles. The van der Waals surface area contributed by atoms with Crippen molar-refractivity contribution in [1.29, 1.82) is 0 Å². The molecule has 0 fully saturated rings. The lowest BCUT2D eigenvalue weighted by Gasteiger charge is -2.24. The van der Waals surface area contributed by atoms with Crippen molar-refractivity contribution in [2.24, 2.45) is 0 Å². The van der Waals surface area contributed by atoms with Gasteiger partial charge in [-0.2, -0.15) is 0 Å². The van der Waals surface area contributed by atoms with Crippen LogP contribution in [-0.2, 0) is 13.0 Å². The highest BCUT2D eigenvalue weighted by Crippen LogP contribution is 2.12. The Morgan fingerprint density at radius 1 is 1.19 bits per heavy atom. The van der Waals surface area contributed by atoms with Gasteiger partial charge < -0.3 is 4.74 Å². The largest absolute Gasteiger partial charge is 0.478 e. The third kappa shape index (κ3) is 4.79. The molecule has 0 saturated carbocycles. The summed E-state index contributed by atoms with van der Waals surface area (Å²) in [5.41, 5.74) is 2.19. The van der Waals surface area contributed by atoms with E-state index in [0.717, 1.165) is 18.7 Å². The quantitative estimate of drug-likeness (QED) is 0.782. The average molecular weight is 286 g/mol. The normalized spacial score (nSPS) is 12.4. The van der Waals surface area contributed by atoms with Crippen molar-refractivity contribution in [1.82, 2.24) is 19.9 Å². The maximum absolute atomic E-state index is 5.35. The molecule has 0 aliphatic carbocycles. The average Bonchev–Trinajstić information content (AvgIpc) is 2.50. The molecule has 0 spiro atoms. The lowest BCUT2D eigenvalue weighted by atomic mass is 10.1. The van der Waals surface area contributed by atoms with Gasteiger partial charge in [0.15, 0.2) is 0 Å². The predicted octanol–water partition coefficient (Wildman–Crippen LogP) is 2.33. The van der Waals surface area contributed by atoms with Crippen molar-refractivity contribution < 1.29 is 4.74 Å². The van der Waals surface area contributed by atoms with Gasteiger partial charge >= 0.3 is 0 Å². The van der Waals surface area contributed by atoms with Gasteiger partial charge in [0.2, 0.25) is 5.88 Å². The van der Waals surface area contributed by atoms with Crippen molar-refractivity contribution >= 4 is 0 Å². The zero-order valence-electron chi connectivity index (χ0n) is 12.9. The summed E-state index contributed by atoms with van der Waals surface area (Å²) in [5, 5.41) is 0. The summed E-state index contributed by atoms with van der Waals surface area (Å²) in [4.78, 5) is 15.0. The van der Waals surface area contributed by atoms with E-state index in [1.165, 1.54) is 5.56 Å². The number of hydrogen-bond donors (Lipinski definition) is 0. The lowest BCUT2D eigenvalue weighted by Crippen LogP contribution is -2.30. The number of hydrogen-bond acceptors (Lipinski definition) is 5. The lowest BCUT2D eigenvalue weighted by molar-refractivity contribution is 0.246. The molecule has 5 nitrogen and oxygen atoms in total. The van der Waals surface area contributed by atoms with E-state index in [1.807, 2.05) is 25.4 Å². The van der Waals surface area contributed by atoms with Crippen LogP contribution in [0, 0.1) is 0 Å². The highest BCUT2D eigenvalue weighted by atomic mass is 16.5. The second-order valence-electron chi connectivity index (χ2n) is 5.10. The minimum atomic E-state index is 0.383. The maximum atomic E-state index is 5.35. The molecule has 0 bridgehead atoms. The van der Waals surface area contributed by atoms with Gasteiger partial charge in [-0.25, -0.2) is 4.98 Å². The van der Waals surface area contributed by atoms with Crippen molar-refractivity contribution in [3.8, 4) is 5.88 Å². The Hall–Kier alpha value is -2.01. The van der Waals surface area contributed by atoms with Crippen LogP contribution in [0.25, 0.3) is 0 Å². The summed E-state index contributed by atoms with van der Waals surface area (Å²) >= 11 is 0. The van der Waals surface area contributed by atoms with Crippen LogP contribution < -0.4 is 4.74 Å². The Balaban J connectivity index is 1.89. The zero-order valence-corrected chi connectivity index (χ0v) is 12.9. The summed E-state index contributed by atoms with van der Waals surface area (Å²) < 4.78 is 5.35. The number of rotatable bonds is 7. The number of likely N-dealkylation sites (N-methyl/N-ethyl adjacent to an activating group) is 1. The van der Waals surface area contributed by atoms with E-state index in [1.54, 1.807) is 12.4 Å². The molecular weight excluding hydrogens is 264 g/mol. The molecule has 1 atom stereocenters. The van der Waals surface area contributed by atoms with E-state index < -0.39 is 0 Å². The molecule has 21 heavy (non-hydrogen) atoms. The summed E-state index contributed by atoms with van der Waals surface area (Å²) in [6, 6.07) is 4.36. The van der Waals surface area contributed by atoms with E-state index in [0.29, 0.717) is 18.5 Å². The van der Waals surface area contributed by atoms with Crippen LogP contribution in [0.4, 0.5) is 0 Å². The minimum Gasteiger partial charge on any atom is -0.478 e. The van der Waals surface area contributed by atoms with Gasteiger partial charge in [-0.3, -0.25) is 14.9 Å². The van der Waals surface area contributed by atoms with Crippen molar-refractivity contribution in [3.63, 3.8) is 0 Å². The zero-order chi connectivity index (χ0) is 15.1. The Kier molecular flexibility index (Phi) is 5.63. The standard InChI is InChI=1S/C16H22N4O/c1-4-21-16-6-5-14(10-19-16)12-20(3)13(2)9-15-11-17-7-8-18-15/h5-8,10-11,13H,4,9,12H2,1-3H3/t13-/m0/s1. The maximum Gasteiger partial charge on any atom is 0.213 e. The number of pyridine rings is 1. The second-order valence-corrected chi connectivity index (χ2v) is 5.10. The SMILES string of the molecule is CCOc1ccc(CN(C)[C@@H](C)Cc2cnccn2)cn1. The van der Waals surface area contributed by atoms with Gasteiger partial charge in [-0.1, -0.05) is 6.07 Å². The third-order valence-electron chi connectivity index (χ3n) is 3.40. The van der Waals surface area contributed by atoms with Gasteiger partial charge in [-0.05, 0) is 26.5 Å².